The van der Waals surface area contributed by atoms with Crippen molar-refractivity contribution in [2.24, 2.45) is 5.14 Å². The molecule has 0 radical (unpaired) electrons. The predicted octanol–water partition coefficient (Wildman–Crippen LogP) is 1.02. The zero-order valence-corrected chi connectivity index (χ0v) is 12.0. The predicted molar refractivity (Wildman–Crippen MR) is 79.6 cm³/mol. The third kappa shape index (κ3) is 3.77. The molecule has 0 saturated carbocycles. The number of pyridine rings is 1. The van der Waals surface area contributed by atoms with Gasteiger partial charge in [0.15, 0.2) is 0 Å². The van der Waals surface area contributed by atoms with Gasteiger partial charge < -0.3 is 10.6 Å². The summed E-state index contributed by atoms with van der Waals surface area (Å²) < 4.78 is 22.2. The monoisotopic (exact) mass is 306 g/mol. The first-order chi connectivity index (χ1) is 9.90. The summed E-state index contributed by atoms with van der Waals surface area (Å²) >= 11 is 0. The van der Waals surface area contributed by atoms with Gasteiger partial charge in [0.05, 0.1) is 16.8 Å². The first kappa shape index (κ1) is 14.9. The molecule has 1 aromatic heterocycles. The van der Waals surface area contributed by atoms with Gasteiger partial charge >= 0.3 is 0 Å². The largest absolute Gasteiger partial charge is 0.387 e. The Morgan fingerprint density at radius 3 is 2.19 bits per heavy atom. The highest BCUT2D eigenvalue weighted by molar-refractivity contribution is 7.89. The molecule has 1 aromatic carbocycles. The van der Waals surface area contributed by atoms with Gasteiger partial charge in [-0.3, -0.25) is 4.79 Å². The van der Waals surface area contributed by atoms with Crippen molar-refractivity contribution in [2.45, 2.75) is 4.90 Å². The number of hydrogen-bond donors (Lipinski definition) is 3. The summed E-state index contributed by atoms with van der Waals surface area (Å²) in [5.41, 5.74) is 1.50. The normalized spacial score (nSPS) is 11.0. The number of primary sulfonamides is 1. The lowest BCUT2D eigenvalue weighted by atomic mass is 10.3. The van der Waals surface area contributed by atoms with E-state index in [0.29, 0.717) is 5.69 Å². The van der Waals surface area contributed by atoms with E-state index in [9.17, 15) is 13.2 Å². The van der Waals surface area contributed by atoms with Gasteiger partial charge in [-0.15, -0.1) is 0 Å². The summed E-state index contributed by atoms with van der Waals surface area (Å²) in [5.74, 6) is -0.388. The molecule has 0 aliphatic rings. The SMILES string of the molecule is CNc1ccc(C(=O)Nc2ccc(S(N)(=O)=O)cc2)nc1. The number of rotatable bonds is 4. The molecular weight excluding hydrogens is 292 g/mol. The lowest BCUT2D eigenvalue weighted by molar-refractivity contribution is 0.102. The van der Waals surface area contributed by atoms with Crippen LogP contribution in [0.1, 0.15) is 10.5 Å². The number of aromatic nitrogens is 1. The molecule has 1 amide bonds. The molecular formula is C13H14N4O3S. The molecule has 0 unspecified atom stereocenters. The fourth-order valence-electron chi connectivity index (χ4n) is 1.60. The number of carbonyl (C=O) groups is 1. The van der Waals surface area contributed by atoms with Gasteiger partial charge in [0.1, 0.15) is 5.69 Å². The zero-order chi connectivity index (χ0) is 15.5. The topological polar surface area (TPSA) is 114 Å². The second-order valence-corrected chi connectivity index (χ2v) is 5.77. The number of nitrogens with two attached hydrogens (primary N) is 1. The van der Waals surface area contributed by atoms with Crippen molar-refractivity contribution in [1.82, 2.24) is 4.98 Å². The maximum atomic E-state index is 12.0. The Morgan fingerprint density at radius 2 is 1.71 bits per heavy atom. The molecule has 0 spiro atoms. The number of hydrogen-bond acceptors (Lipinski definition) is 5. The van der Waals surface area contributed by atoms with Crippen LogP contribution in [0.3, 0.4) is 0 Å². The van der Waals surface area contributed by atoms with Gasteiger partial charge in [-0.1, -0.05) is 0 Å². The van der Waals surface area contributed by atoms with E-state index < -0.39 is 10.0 Å². The van der Waals surface area contributed by atoms with Crippen molar-refractivity contribution in [3.05, 3.63) is 48.3 Å². The summed E-state index contributed by atoms with van der Waals surface area (Å²) in [6, 6.07) is 8.87. The second-order valence-electron chi connectivity index (χ2n) is 4.21. The Morgan fingerprint density at radius 1 is 1.10 bits per heavy atom. The van der Waals surface area contributed by atoms with Crippen LogP contribution in [0.4, 0.5) is 11.4 Å². The van der Waals surface area contributed by atoms with Crippen LogP contribution in [-0.2, 0) is 10.0 Å². The summed E-state index contributed by atoms with van der Waals surface area (Å²) in [6.45, 7) is 0. The fourth-order valence-corrected chi connectivity index (χ4v) is 2.11. The van der Waals surface area contributed by atoms with E-state index in [1.54, 1.807) is 25.4 Å². The Hall–Kier alpha value is -2.45. The summed E-state index contributed by atoms with van der Waals surface area (Å²) in [6.07, 6.45) is 1.54. The van der Waals surface area contributed by atoms with E-state index in [0.717, 1.165) is 5.69 Å². The average molecular weight is 306 g/mol. The number of benzene rings is 1. The number of nitrogens with zero attached hydrogens (tertiary/aromatic N) is 1. The van der Waals surface area contributed by atoms with Gasteiger partial charge in [0, 0.05) is 12.7 Å². The van der Waals surface area contributed by atoms with Crippen molar-refractivity contribution in [2.75, 3.05) is 17.7 Å². The molecule has 0 atom stereocenters. The highest BCUT2D eigenvalue weighted by atomic mass is 32.2. The number of sulfonamides is 1. The quantitative estimate of drug-likeness (QED) is 0.780. The number of amides is 1. The van der Waals surface area contributed by atoms with Crippen LogP contribution in [0.2, 0.25) is 0 Å². The third-order valence-corrected chi connectivity index (χ3v) is 3.65. The maximum absolute atomic E-state index is 12.0. The minimum Gasteiger partial charge on any atom is -0.387 e. The maximum Gasteiger partial charge on any atom is 0.274 e. The van der Waals surface area contributed by atoms with E-state index >= 15 is 0 Å². The van der Waals surface area contributed by atoms with Crippen molar-refractivity contribution >= 4 is 27.3 Å². The molecule has 0 saturated heterocycles. The van der Waals surface area contributed by atoms with E-state index in [4.69, 9.17) is 5.14 Å². The van der Waals surface area contributed by atoms with E-state index in [1.807, 2.05) is 0 Å². The first-order valence-corrected chi connectivity index (χ1v) is 7.53. The van der Waals surface area contributed by atoms with Gasteiger partial charge in [0.2, 0.25) is 10.0 Å². The van der Waals surface area contributed by atoms with Crippen LogP contribution in [-0.4, -0.2) is 26.4 Å². The smallest absolute Gasteiger partial charge is 0.274 e. The van der Waals surface area contributed by atoms with Crippen LogP contribution < -0.4 is 15.8 Å². The molecule has 2 rings (SSSR count). The minimum absolute atomic E-state index is 0.0167. The van der Waals surface area contributed by atoms with Crippen LogP contribution >= 0.6 is 0 Å². The lowest BCUT2D eigenvalue weighted by Gasteiger charge is -2.06. The number of carbonyl (C=O) groups excluding carboxylic acids is 1. The standard InChI is InChI=1S/C13H14N4O3S/c1-15-10-4-7-12(16-8-10)13(18)17-9-2-5-11(6-3-9)21(14,19)20/h2-8,15H,1H3,(H,17,18)(H2,14,19,20). The molecule has 8 heteroatoms. The molecule has 0 aliphatic carbocycles. The van der Waals surface area contributed by atoms with E-state index in [-0.39, 0.29) is 16.5 Å². The second kappa shape index (κ2) is 5.90. The molecule has 0 fully saturated rings. The van der Waals surface area contributed by atoms with Crippen LogP contribution in [0.25, 0.3) is 0 Å². The highest BCUT2D eigenvalue weighted by Gasteiger charge is 2.10. The van der Waals surface area contributed by atoms with Gasteiger partial charge in [-0.25, -0.2) is 18.5 Å². The Kier molecular flexibility index (Phi) is 4.20. The van der Waals surface area contributed by atoms with Crippen molar-refractivity contribution in [3.8, 4) is 0 Å². The average Bonchev–Trinajstić information content (AvgIpc) is 2.47. The van der Waals surface area contributed by atoms with E-state index in [1.165, 1.54) is 24.3 Å². The Labute approximate surface area is 122 Å². The van der Waals surface area contributed by atoms with E-state index in [2.05, 4.69) is 15.6 Å². The van der Waals surface area contributed by atoms with Gasteiger partial charge in [0.25, 0.3) is 5.91 Å². The summed E-state index contributed by atoms with van der Waals surface area (Å²) in [5, 5.41) is 10.5. The molecule has 4 N–H and O–H groups in total. The Balaban J connectivity index is 2.12. The van der Waals surface area contributed by atoms with Crippen molar-refractivity contribution in [3.63, 3.8) is 0 Å². The molecule has 0 aliphatic heterocycles. The number of nitrogens with one attached hydrogen (secondary N) is 2. The molecule has 7 nitrogen and oxygen atoms in total. The Bertz CT molecular complexity index is 740. The van der Waals surface area contributed by atoms with Crippen LogP contribution in [0.5, 0.6) is 0 Å². The molecule has 2 aromatic rings. The molecule has 21 heavy (non-hydrogen) atoms. The number of anilines is 2. The molecule has 110 valence electrons. The fraction of sp³-hybridized carbons (Fsp3) is 0.0769. The van der Waals surface area contributed by atoms with Crippen LogP contribution in [0, 0.1) is 0 Å². The minimum atomic E-state index is -3.74. The van der Waals surface area contributed by atoms with Gasteiger partial charge in [-0.2, -0.15) is 0 Å². The first-order valence-electron chi connectivity index (χ1n) is 5.98. The van der Waals surface area contributed by atoms with Gasteiger partial charge in [-0.05, 0) is 36.4 Å². The zero-order valence-electron chi connectivity index (χ0n) is 11.2. The molecule has 0 bridgehead atoms. The lowest BCUT2D eigenvalue weighted by Crippen LogP contribution is -2.14. The summed E-state index contributed by atoms with van der Waals surface area (Å²) in [7, 11) is -1.99. The highest BCUT2D eigenvalue weighted by Crippen LogP contribution is 2.14. The third-order valence-electron chi connectivity index (χ3n) is 2.73. The van der Waals surface area contributed by atoms with Crippen molar-refractivity contribution < 1.29 is 13.2 Å². The van der Waals surface area contributed by atoms with Crippen molar-refractivity contribution in [1.29, 1.82) is 0 Å². The summed E-state index contributed by atoms with van der Waals surface area (Å²) in [4.78, 5) is 16.0. The molecule has 1 heterocycles. The van der Waals surface area contributed by atoms with Crippen LogP contribution in [0.15, 0.2) is 47.5 Å².